The Morgan fingerprint density at radius 3 is 2.53 bits per heavy atom. The molecule has 3 aromatic rings. The molecule has 0 saturated carbocycles. The van der Waals surface area contributed by atoms with Crippen LogP contribution < -0.4 is 15.5 Å². The lowest BCUT2D eigenvalue weighted by Gasteiger charge is -2.41. The molecule has 8 heteroatoms. The summed E-state index contributed by atoms with van der Waals surface area (Å²) in [4.78, 5) is 39.1. The Hall–Kier alpha value is -4.07. The summed E-state index contributed by atoms with van der Waals surface area (Å²) < 4.78 is 10.4. The van der Waals surface area contributed by atoms with Crippen molar-refractivity contribution in [1.82, 2.24) is 5.32 Å². The number of rotatable bonds is 10. The number of carbonyl (C=O) groups is 3. The molecule has 4 rings (SSSR count). The van der Waals surface area contributed by atoms with E-state index in [1.165, 1.54) is 6.26 Å². The maximum Gasteiger partial charge on any atom is 0.412 e. The van der Waals surface area contributed by atoms with E-state index in [2.05, 4.69) is 17.6 Å². The number of nitrogens with zero attached hydrogens (tertiary/aromatic N) is 1. The third-order valence-electron chi connectivity index (χ3n) is 6.81. The third-order valence-corrected chi connectivity index (χ3v) is 6.81. The number of para-hydroxylation sites is 1. The van der Waals surface area contributed by atoms with Gasteiger partial charge in [0.05, 0.1) is 12.3 Å². The van der Waals surface area contributed by atoms with Gasteiger partial charge in [-0.15, -0.1) is 0 Å². The van der Waals surface area contributed by atoms with Crippen molar-refractivity contribution >= 4 is 29.3 Å². The maximum atomic E-state index is 12.7. The highest BCUT2D eigenvalue weighted by Crippen LogP contribution is 2.42. The smallest absolute Gasteiger partial charge is 0.412 e. The van der Waals surface area contributed by atoms with Crippen molar-refractivity contribution in [1.29, 1.82) is 0 Å². The molecule has 0 saturated heterocycles. The zero-order valence-corrected chi connectivity index (χ0v) is 21.9. The first-order valence-corrected chi connectivity index (χ1v) is 13.2. The summed E-state index contributed by atoms with van der Waals surface area (Å²) in [6.07, 6.45) is 5.09. The maximum absolute atomic E-state index is 12.7. The molecule has 8 nitrogen and oxygen atoms in total. The SMILES string of the molecule is CCCCCC(=O)NCC1CC(c2ccc(NC(=O)OCc3ccco3)cc2)c2ccccc2N1C(C)=O. The summed E-state index contributed by atoms with van der Waals surface area (Å²) in [5, 5.41) is 5.79. The Labute approximate surface area is 223 Å². The fraction of sp³-hybridized carbons (Fsp3) is 0.367. The molecule has 0 bridgehead atoms. The van der Waals surface area contributed by atoms with Gasteiger partial charge in [-0.1, -0.05) is 50.1 Å². The molecule has 1 aliphatic heterocycles. The molecule has 2 aromatic carbocycles. The molecule has 3 amide bonds. The van der Waals surface area contributed by atoms with Gasteiger partial charge in [0.2, 0.25) is 11.8 Å². The lowest BCUT2D eigenvalue weighted by Crippen LogP contribution is -2.49. The van der Waals surface area contributed by atoms with E-state index < -0.39 is 6.09 Å². The Morgan fingerprint density at radius 2 is 1.82 bits per heavy atom. The normalized spacial score (nSPS) is 16.4. The van der Waals surface area contributed by atoms with E-state index >= 15 is 0 Å². The van der Waals surface area contributed by atoms with Crippen molar-refractivity contribution in [2.75, 3.05) is 16.8 Å². The molecule has 0 radical (unpaired) electrons. The van der Waals surface area contributed by atoms with Crippen LogP contribution in [0.4, 0.5) is 16.2 Å². The number of furan rings is 1. The molecule has 38 heavy (non-hydrogen) atoms. The van der Waals surface area contributed by atoms with E-state index in [9.17, 15) is 14.4 Å². The zero-order valence-electron chi connectivity index (χ0n) is 21.9. The average Bonchev–Trinajstić information content (AvgIpc) is 3.44. The molecule has 1 aliphatic rings. The van der Waals surface area contributed by atoms with Gasteiger partial charge < -0.3 is 19.4 Å². The Balaban J connectivity index is 1.47. The minimum absolute atomic E-state index is 0.0201. The second-order valence-electron chi connectivity index (χ2n) is 9.55. The lowest BCUT2D eigenvalue weighted by molar-refractivity contribution is -0.122. The highest BCUT2D eigenvalue weighted by atomic mass is 16.6. The first-order valence-electron chi connectivity index (χ1n) is 13.2. The first kappa shape index (κ1) is 27.0. The summed E-state index contributed by atoms with van der Waals surface area (Å²) in [5.74, 6) is 0.571. The standard InChI is InChI=1S/C30H35N3O5/c1-3-4-5-12-29(35)31-19-24-18-27(26-10-6-7-11-28(26)33(24)21(2)34)22-13-15-23(16-14-22)32-30(36)38-20-25-9-8-17-37-25/h6-11,13-17,24,27H,3-5,12,18-20H2,1-2H3,(H,31,35)(H,32,36). The minimum atomic E-state index is -0.566. The Bertz CT molecular complexity index is 1220. The van der Waals surface area contributed by atoms with Crippen LogP contribution in [-0.4, -0.2) is 30.5 Å². The van der Waals surface area contributed by atoms with Gasteiger partial charge >= 0.3 is 6.09 Å². The lowest BCUT2D eigenvalue weighted by atomic mass is 9.80. The average molecular weight is 518 g/mol. The summed E-state index contributed by atoms with van der Waals surface area (Å²) in [6.45, 7) is 4.13. The summed E-state index contributed by atoms with van der Waals surface area (Å²) in [6, 6.07) is 18.9. The minimum Gasteiger partial charge on any atom is -0.466 e. The Kier molecular flexibility index (Phi) is 9.19. The van der Waals surface area contributed by atoms with Crippen molar-refractivity contribution in [2.45, 2.75) is 64.5 Å². The molecule has 2 unspecified atom stereocenters. The molecule has 0 fully saturated rings. The number of anilines is 2. The van der Waals surface area contributed by atoms with Crippen molar-refractivity contribution in [3.05, 3.63) is 83.8 Å². The van der Waals surface area contributed by atoms with Crippen LogP contribution >= 0.6 is 0 Å². The Morgan fingerprint density at radius 1 is 1.03 bits per heavy atom. The van der Waals surface area contributed by atoms with Crippen molar-refractivity contribution in [3.63, 3.8) is 0 Å². The van der Waals surface area contributed by atoms with E-state index in [1.807, 2.05) is 53.4 Å². The van der Waals surface area contributed by atoms with E-state index in [0.29, 0.717) is 30.8 Å². The fourth-order valence-electron chi connectivity index (χ4n) is 4.96. The second-order valence-corrected chi connectivity index (χ2v) is 9.55. The summed E-state index contributed by atoms with van der Waals surface area (Å²) in [5.41, 5.74) is 3.61. The quantitative estimate of drug-likeness (QED) is 0.322. The van der Waals surface area contributed by atoms with Crippen LogP contribution in [0.25, 0.3) is 0 Å². The first-order chi connectivity index (χ1) is 18.5. The molecule has 2 N–H and O–H groups in total. The molecule has 2 atom stereocenters. The van der Waals surface area contributed by atoms with Gasteiger partial charge in [-0.3, -0.25) is 14.9 Å². The predicted octanol–water partition coefficient (Wildman–Crippen LogP) is 5.98. The number of fused-ring (bicyclic) bond motifs is 1. The zero-order chi connectivity index (χ0) is 26.9. The van der Waals surface area contributed by atoms with E-state index in [0.717, 1.165) is 36.1 Å². The molecule has 0 spiro atoms. The molecule has 1 aromatic heterocycles. The van der Waals surface area contributed by atoms with E-state index in [-0.39, 0.29) is 30.4 Å². The highest BCUT2D eigenvalue weighted by molar-refractivity contribution is 5.94. The predicted molar refractivity (Wildman–Crippen MR) is 146 cm³/mol. The van der Waals surface area contributed by atoms with Crippen LogP contribution in [0.3, 0.4) is 0 Å². The number of unbranched alkanes of at least 4 members (excludes halogenated alkanes) is 2. The van der Waals surface area contributed by atoms with Crippen molar-refractivity contribution < 1.29 is 23.5 Å². The summed E-state index contributed by atoms with van der Waals surface area (Å²) >= 11 is 0. The number of hydrogen-bond donors (Lipinski definition) is 2. The monoisotopic (exact) mass is 517 g/mol. The van der Waals surface area contributed by atoms with E-state index in [1.54, 1.807) is 19.1 Å². The number of carbonyl (C=O) groups excluding carboxylic acids is 3. The number of nitrogens with one attached hydrogen (secondary N) is 2. The van der Waals surface area contributed by atoms with Gasteiger partial charge in [0.25, 0.3) is 0 Å². The number of hydrogen-bond acceptors (Lipinski definition) is 5. The van der Waals surface area contributed by atoms with Gasteiger partial charge in [-0.25, -0.2) is 4.79 Å². The number of amides is 3. The molecular formula is C30H35N3O5. The van der Waals surface area contributed by atoms with Crippen molar-refractivity contribution in [3.8, 4) is 0 Å². The van der Waals surface area contributed by atoms with Crippen LogP contribution in [0.1, 0.15) is 68.8 Å². The van der Waals surface area contributed by atoms with Crippen LogP contribution in [0.5, 0.6) is 0 Å². The van der Waals surface area contributed by atoms with Gasteiger partial charge in [-0.2, -0.15) is 0 Å². The van der Waals surface area contributed by atoms with Gasteiger partial charge in [0.1, 0.15) is 5.76 Å². The molecule has 0 aliphatic carbocycles. The number of benzene rings is 2. The van der Waals surface area contributed by atoms with Crippen LogP contribution in [-0.2, 0) is 20.9 Å². The van der Waals surface area contributed by atoms with Gasteiger partial charge in [0.15, 0.2) is 6.61 Å². The van der Waals surface area contributed by atoms with Crippen LogP contribution in [0, 0.1) is 0 Å². The van der Waals surface area contributed by atoms with Crippen molar-refractivity contribution in [2.24, 2.45) is 0 Å². The molecular weight excluding hydrogens is 482 g/mol. The summed E-state index contributed by atoms with van der Waals surface area (Å²) in [7, 11) is 0. The molecule has 2 heterocycles. The van der Waals surface area contributed by atoms with E-state index in [4.69, 9.17) is 9.15 Å². The second kappa shape index (κ2) is 12.9. The van der Waals surface area contributed by atoms with Gasteiger partial charge in [-0.05, 0) is 54.3 Å². The largest absolute Gasteiger partial charge is 0.466 e. The van der Waals surface area contributed by atoms with Crippen LogP contribution in [0.2, 0.25) is 0 Å². The van der Waals surface area contributed by atoms with Gasteiger partial charge in [0, 0.05) is 37.2 Å². The molecule has 200 valence electrons. The highest BCUT2D eigenvalue weighted by Gasteiger charge is 2.35. The fourth-order valence-corrected chi connectivity index (χ4v) is 4.96. The third kappa shape index (κ3) is 6.82. The number of ether oxygens (including phenoxy) is 1. The van der Waals surface area contributed by atoms with Crippen LogP contribution in [0.15, 0.2) is 71.3 Å². The topological polar surface area (TPSA) is 101 Å².